The normalized spacial score (nSPS) is 12.6. The number of alkyl halides is 3. The molecule has 2 rings (SSSR count). The molecule has 0 saturated heterocycles. The molecule has 3 nitrogen and oxygen atoms in total. The Kier molecular flexibility index (Phi) is 5.03. The van der Waals surface area contributed by atoms with Crippen LogP contribution in [0.4, 0.5) is 18.9 Å². The van der Waals surface area contributed by atoms with Crippen LogP contribution in [-0.2, 0) is 6.18 Å². The predicted molar refractivity (Wildman–Crippen MR) is 86.0 cm³/mol. The van der Waals surface area contributed by atoms with E-state index in [4.69, 9.17) is 0 Å². The SMILES string of the molecule is CNc1ccccc1C(=NC(C)C)c1ccc(C(F)(F)F)cn1. The van der Waals surface area contributed by atoms with Gasteiger partial charge in [0.1, 0.15) is 0 Å². The molecule has 1 N–H and O–H groups in total. The number of hydrogen-bond donors (Lipinski definition) is 1. The van der Waals surface area contributed by atoms with E-state index in [0.717, 1.165) is 23.5 Å². The second kappa shape index (κ2) is 6.81. The lowest BCUT2D eigenvalue weighted by molar-refractivity contribution is -0.137. The number of nitrogens with one attached hydrogen (secondary N) is 1. The first-order chi connectivity index (χ1) is 10.8. The summed E-state index contributed by atoms with van der Waals surface area (Å²) in [7, 11) is 1.78. The Morgan fingerprint density at radius 3 is 2.35 bits per heavy atom. The molecule has 0 fully saturated rings. The van der Waals surface area contributed by atoms with Crippen molar-refractivity contribution in [3.63, 3.8) is 0 Å². The van der Waals surface area contributed by atoms with E-state index in [1.807, 2.05) is 38.1 Å². The number of para-hydroxylation sites is 1. The minimum atomic E-state index is -4.40. The fourth-order valence-electron chi connectivity index (χ4n) is 2.14. The highest BCUT2D eigenvalue weighted by Gasteiger charge is 2.30. The molecule has 0 bridgehead atoms. The highest BCUT2D eigenvalue weighted by atomic mass is 19.4. The van der Waals surface area contributed by atoms with Gasteiger partial charge in [0, 0.05) is 30.5 Å². The summed E-state index contributed by atoms with van der Waals surface area (Å²) < 4.78 is 38.1. The predicted octanol–water partition coefficient (Wildman–Crippen LogP) is 4.39. The Labute approximate surface area is 133 Å². The lowest BCUT2D eigenvalue weighted by atomic mass is 10.0. The number of halogens is 3. The van der Waals surface area contributed by atoms with E-state index >= 15 is 0 Å². The van der Waals surface area contributed by atoms with Crippen molar-refractivity contribution in [3.8, 4) is 0 Å². The smallest absolute Gasteiger partial charge is 0.388 e. The van der Waals surface area contributed by atoms with Crippen molar-refractivity contribution in [3.05, 3.63) is 59.4 Å². The van der Waals surface area contributed by atoms with Gasteiger partial charge in [0.25, 0.3) is 0 Å². The summed E-state index contributed by atoms with van der Waals surface area (Å²) >= 11 is 0. The first-order valence-corrected chi connectivity index (χ1v) is 7.21. The van der Waals surface area contributed by atoms with Crippen LogP contribution in [-0.4, -0.2) is 23.8 Å². The maximum atomic E-state index is 12.7. The summed E-state index contributed by atoms with van der Waals surface area (Å²) in [5.41, 5.74) is 1.85. The summed E-state index contributed by atoms with van der Waals surface area (Å²) in [6, 6.07) is 9.86. The quantitative estimate of drug-likeness (QED) is 0.848. The van der Waals surface area contributed by atoms with E-state index in [2.05, 4.69) is 15.3 Å². The molecule has 0 unspecified atom stereocenters. The average Bonchev–Trinajstić information content (AvgIpc) is 2.52. The van der Waals surface area contributed by atoms with Crippen LogP contribution in [0.25, 0.3) is 0 Å². The molecule has 6 heteroatoms. The van der Waals surface area contributed by atoms with Gasteiger partial charge in [-0.1, -0.05) is 18.2 Å². The average molecular weight is 321 g/mol. The van der Waals surface area contributed by atoms with Gasteiger partial charge in [-0.2, -0.15) is 13.2 Å². The zero-order valence-electron chi connectivity index (χ0n) is 13.1. The Balaban J connectivity index is 2.52. The minimum absolute atomic E-state index is 0.0148. The summed E-state index contributed by atoms with van der Waals surface area (Å²) in [5, 5.41) is 3.07. The maximum Gasteiger partial charge on any atom is 0.417 e. The van der Waals surface area contributed by atoms with Crippen LogP contribution in [0, 0.1) is 0 Å². The maximum absolute atomic E-state index is 12.7. The molecule has 0 spiro atoms. The van der Waals surface area contributed by atoms with Crippen LogP contribution in [0.1, 0.15) is 30.7 Å². The third-order valence-electron chi connectivity index (χ3n) is 3.17. The van der Waals surface area contributed by atoms with Gasteiger partial charge in [0.2, 0.25) is 0 Å². The highest BCUT2D eigenvalue weighted by molar-refractivity contribution is 6.14. The molecule has 0 atom stereocenters. The number of pyridine rings is 1. The minimum Gasteiger partial charge on any atom is -0.388 e. The molecule has 23 heavy (non-hydrogen) atoms. The molecule has 0 aliphatic heterocycles. The first-order valence-electron chi connectivity index (χ1n) is 7.21. The topological polar surface area (TPSA) is 37.3 Å². The molecule has 0 amide bonds. The number of hydrogen-bond acceptors (Lipinski definition) is 3. The van der Waals surface area contributed by atoms with Crippen molar-refractivity contribution in [1.29, 1.82) is 0 Å². The van der Waals surface area contributed by atoms with Crippen molar-refractivity contribution < 1.29 is 13.2 Å². The van der Waals surface area contributed by atoms with Crippen LogP contribution < -0.4 is 5.32 Å². The molecule has 1 aromatic carbocycles. The Hall–Kier alpha value is -2.37. The molecular weight excluding hydrogens is 303 g/mol. The molecule has 0 saturated carbocycles. The fraction of sp³-hybridized carbons (Fsp3) is 0.294. The van der Waals surface area contributed by atoms with E-state index in [-0.39, 0.29) is 6.04 Å². The Morgan fingerprint density at radius 1 is 1.13 bits per heavy atom. The van der Waals surface area contributed by atoms with Crippen LogP contribution in [0.3, 0.4) is 0 Å². The lowest BCUT2D eigenvalue weighted by Crippen LogP contribution is -2.13. The summed E-state index contributed by atoms with van der Waals surface area (Å²) in [6.45, 7) is 3.82. The van der Waals surface area contributed by atoms with Gasteiger partial charge in [-0.25, -0.2) is 0 Å². The zero-order chi connectivity index (χ0) is 17.0. The lowest BCUT2D eigenvalue weighted by Gasteiger charge is -2.14. The number of anilines is 1. The monoisotopic (exact) mass is 321 g/mol. The third-order valence-corrected chi connectivity index (χ3v) is 3.17. The Bertz CT molecular complexity index is 689. The van der Waals surface area contributed by atoms with Gasteiger partial charge in [0.05, 0.1) is 17.0 Å². The van der Waals surface area contributed by atoms with E-state index in [1.165, 1.54) is 6.07 Å². The fourth-order valence-corrected chi connectivity index (χ4v) is 2.14. The van der Waals surface area contributed by atoms with Crippen LogP contribution in [0.15, 0.2) is 47.6 Å². The molecule has 1 heterocycles. The number of aliphatic imine (C=N–C) groups is 1. The molecule has 0 aliphatic carbocycles. The summed E-state index contributed by atoms with van der Waals surface area (Å²) in [4.78, 5) is 8.52. The number of benzene rings is 1. The highest BCUT2D eigenvalue weighted by Crippen LogP contribution is 2.29. The number of nitrogens with zero attached hydrogens (tertiary/aromatic N) is 2. The third kappa shape index (κ3) is 4.09. The van der Waals surface area contributed by atoms with Crippen molar-refractivity contribution >= 4 is 11.4 Å². The van der Waals surface area contributed by atoms with Gasteiger partial charge in [-0.05, 0) is 32.0 Å². The van der Waals surface area contributed by atoms with Crippen molar-refractivity contribution in [1.82, 2.24) is 4.98 Å². The molecule has 122 valence electrons. The second-order valence-corrected chi connectivity index (χ2v) is 5.30. The van der Waals surface area contributed by atoms with Gasteiger partial charge < -0.3 is 5.32 Å². The van der Waals surface area contributed by atoms with Crippen molar-refractivity contribution in [2.24, 2.45) is 4.99 Å². The van der Waals surface area contributed by atoms with Crippen molar-refractivity contribution in [2.75, 3.05) is 12.4 Å². The molecule has 0 radical (unpaired) electrons. The zero-order valence-corrected chi connectivity index (χ0v) is 13.1. The second-order valence-electron chi connectivity index (χ2n) is 5.30. The van der Waals surface area contributed by atoms with E-state index in [9.17, 15) is 13.2 Å². The summed E-state index contributed by atoms with van der Waals surface area (Å²) in [6.07, 6.45) is -3.56. The van der Waals surface area contributed by atoms with E-state index in [1.54, 1.807) is 7.05 Å². The van der Waals surface area contributed by atoms with Gasteiger partial charge in [-0.15, -0.1) is 0 Å². The van der Waals surface area contributed by atoms with Crippen LogP contribution >= 0.6 is 0 Å². The Morgan fingerprint density at radius 2 is 1.83 bits per heavy atom. The van der Waals surface area contributed by atoms with Crippen LogP contribution in [0.5, 0.6) is 0 Å². The van der Waals surface area contributed by atoms with Gasteiger partial charge in [0.15, 0.2) is 0 Å². The van der Waals surface area contributed by atoms with Crippen LogP contribution in [0.2, 0.25) is 0 Å². The molecule has 1 aromatic heterocycles. The van der Waals surface area contributed by atoms with Crippen molar-refractivity contribution in [2.45, 2.75) is 26.1 Å². The van der Waals surface area contributed by atoms with Gasteiger partial charge >= 0.3 is 6.18 Å². The van der Waals surface area contributed by atoms with E-state index in [0.29, 0.717) is 11.4 Å². The van der Waals surface area contributed by atoms with E-state index < -0.39 is 11.7 Å². The number of aromatic nitrogens is 1. The molecule has 2 aromatic rings. The largest absolute Gasteiger partial charge is 0.417 e. The first kappa shape index (κ1) is 17.0. The molecular formula is C17H18F3N3. The molecule has 0 aliphatic rings. The van der Waals surface area contributed by atoms with Gasteiger partial charge in [-0.3, -0.25) is 9.98 Å². The summed E-state index contributed by atoms with van der Waals surface area (Å²) in [5.74, 6) is 0. The standard InChI is InChI=1S/C17H18F3N3/c1-11(2)23-16(13-6-4-5-7-14(13)21-3)15-9-8-12(10-22-15)17(18,19)20/h4-11,21H,1-3H3. The number of rotatable bonds is 4.